The van der Waals surface area contributed by atoms with E-state index in [1.807, 2.05) is 24.3 Å². The molecule has 154 valence electrons. The monoisotopic (exact) mass is 509 g/mol. The van der Waals surface area contributed by atoms with Crippen LogP contribution in [-0.2, 0) is 9.47 Å². The van der Waals surface area contributed by atoms with Crippen molar-refractivity contribution in [1.82, 2.24) is 10.2 Å². The second kappa shape index (κ2) is 13.6. The van der Waals surface area contributed by atoms with Crippen molar-refractivity contribution in [1.29, 1.82) is 0 Å². The quantitative estimate of drug-likeness (QED) is 0.321. The van der Waals surface area contributed by atoms with Crippen LogP contribution in [0.15, 0.2) is 29.3 Å². The molecule has 1 aliphatic rings. The van der Waals surface area contributed by atoms with Gasteiger partial charge in [0.05, 0.1) is 6.54 Å². The number of halogens is 2. The molecule has 2 rings (SSSR count). The summed E-state index contributed by atoms with van der Waals surface area (Å²) in [5, 5.41) is 4.10. The predicted molar refractivity (Wildman–Crippen MR) is 123 cm³/mol. The molecular weight excluding hydrogens is 477 g/mol. The molecular formula is C20H33ClIN3O2. The van der Waals surface area contributed by atoms with Gasteiger partial charge in [-0.15, -0.1) is 24.0 Å². The number of rotatable bonds is 8. The molecule has 0 saturated carbocycles. The molecule has 1 N–H and O–H groups in total. The average Bonchev–Trinajstić information content (AvgIpc) is 2.66. The Labute approximate surface area is 185 Å². The van der Waals surface area contributed by atoms with E-state index in [0.29, 0.717) is 11.6 Å². The van der Waals surface area contributed by atoms with Crippen molar-refractivity contribution in [2.45, 2.75) is 32.3 Å². The minimum atomic E-state index is -0.105. The first kappa shape index (κ1) is 24.5. The Bertz CT molecular complexity index is 568. The number of nitrogens with zero attached hydrogens (tertiary/aromatic N) is 2. The summed E-state index contributed by atoms with van der Waals surface area (Å²) < 4.78 is 11.1. The maximum absolute atomic E-state index is 6.10. The first-order valence-corrected chi connectivity index (χ1v) is 9.87. The summed E-state index contributed by atoms with van der Waals surface area (Å²) in [7, 11) is 3.81. The second-order valence-electron chi connectivity index (χ2n) is 6.74. The van der Waals surface area contributed by atoms with Crippen molar-refractivity contribution >= 4 is 41.5 Å². The molecule has 1 heterocycles. The van der Waals surface area contributed by atoms with Crippen LogP contribution >= 0.6 is 35.6 Å². The molecule has 0 amide bonds. The van der Waals surface area contributed by atoms with Gasteiger partial charge < -0.3 is 19.7 Å². The fourth-order valence-corrected chi connectivity index (χ4v) is 3.38. The largest absolute Gasteiger partial charge is 0.381 e. The summed E-state index contributed by atoms with van der Waals surface area (Å²) in [5.74, 6) is 1.68. The van der Waals surface area contributed by atoms with E-state index in [-0.39, 0.29) is 30.1 Å². The lowest BCUT2D eigenvalue weighted by Crippen LogP contribution is -2.40. The van der Waals surface area contributed by atoms with Gasteiger partial charge in [-0.1, -0.05) is 23.7 Å². The van der Waals surface area contributed by atoms with E-state index >= 15 is 0 Å². The van der Waals surface area contributed by atoms with Crippen molar-refractivity contribution in [3.05, 3.63) is 34.9 Å². The molecule has 1 aromatic rings. The molecule has 0 radical (unpaired) electrons. The summed E-state index contributed by atoms with van der Waals surface area (Å²) in [6.07, 6.45) is 3.40. The fourth-order valence-electron chi connectivity index (χ4n) is 3.18. The van der Waals surface area contributed by atoms with Crippen LogP contribution in [0.5, 0.6) is 0 Å². The highest BCUT2D eigenvalue weighted by Crippen LogP contribution is 2.21. The van der Waals surface area contributed by atoms with Gasteiger partial charge in [0.25, 0.3) is 0 Å². The highest BCUT2D eigenvalue weighted by molar-refractivity contribution is 14.0. The number of hydrogen-bond acceptors (Lipinski definition) is 3. The van der Waals surface area contributed by atoms with Gasteiger partial charge in [-0.3, -0.25) is 4.99 Å². The summed E-state index contributed by atoms with van der Waals surface area (Å²) >= 11 is 6.10. The van der Waals surface area contributed by atoms with Crippen LogP contribution in [-0.4, -0.2) is 57.9 Å². The van der Waals surface area contributed by atoms with Crippen LogP contribution in [0.25, 0.3) is 0 Å². The van der Waals surface area contributed by atoms with Gasteiger partial charge in [0.1, 0.15) is 6.10 Å². The number of methoxy groups -OCH3 is 1. The predicted octanol–water partition coefficient (Wildman–Crippen LogP) is 4.36. The molecule has 5 nitrogen and oxygen atoms in total. The molecule has 0 spiro atoms. The van der Waals surface area contributed by atoms with E-state index in [2.05, 4.69) is 24.2 Å². The second-order valence-corrected chi connectivity index (χ2v) is 7.18. The molecule has 1 fully saturated rings. The molecule has 0 bridgehead atoms. The number of ether oxygens (including phenoxy) is 2. The number of aliphatic imine (C=N–C) groups is 1. The minimum Gasteiger partial charge on any atom is -0.381 e. The molecule has 1 unspecified atom stereocenters. The van der Waals surface area contributed by atoms with Crippen LogP contribution < -0.4 is 5.32 Å². The van der Waals surface area contributed by atoms with Crippen molar-refractivity contribution in [3.8, 4) is 0 Å². The van der Waals surface area contributed by atoms with Crippen molar-refractivity contribution in [2.75, 3.05) is 47.0 Å². The Kier molecular flexibility index (Phi) is 12.3. The summed E-state index contributed by atoms with van der Waals surface area (Å²) in [4.78, 5) is 7.00. The highest BCUT2D eigenvalue weighted by atomic mass is 127. The number of guanidine groups is 1. The number of nitrogens with one attached hydrogen (secondary N) is 1. The Balaban J connectivity index is 0.00000364. The molecule has 1 aromatic carbocycles. The molecule has 0 aliphatic carbocycles. The van der Waals surface area contributed by atoms with E-state index in [9.17, 15) is 0 Å². The standard InChI is InChI=1S/C20H32ClN3O2.HI/c1-4-22-20(24(2)11-8-16-9-12-26-13-10-16)23-15-19(25-3)17-6-5-7-18(21)14-17;/h5-7,14,16,19H,4,8-13,15H2,1-3H3,(H,22,23);1H. The van der Waals surface area contributed by atoms with Gasteiger partial charge in [-0.25, -0.2) is 0 Å². The van der Waals surface area contributed by atoms with Crippen LogP contribution in [0.1, 0.15) is 37.9 Å². The molecule has 1 saturated heterocycles. The van der Waals surface area contributed by atoms with Crippen LogP contribution in [0.4, 0.5) is 0 Å². The van der Waals surface area contributed by atoms with E-state index in [0.717, 1.165) is 43.7 Å². The summed E-state index contributed by atoms with van der Waals surface area (Å²) in [6, 6.07) is 7.78. The first-order valence-electron chi connectivity index (χ1n) is 9.49. The van der Waals surface area contributed by atoms with Gasteiger partial charge in [0, 0.05) is 45.5 Å². The Morgan fingerprint density at radius 1 is 1.41 bits per heavy atom. The van der Waals surface area contributed by atoms with Gasteiger partial charge in [-0.2, -0.15) is 0 Å². The Morgan fingerprint density at radius 3 is 2.78 bits per heavy atom. The zero-order chi connectivity index (χ0) is 18.8. The third-order valence-electron chi connectivity index (χ3n) is 4.82. The van der Waals surface area contributed by atoms with Gasteiger partial charge in [0.2, 0.25) is 0 Å². The summed E-state index contributed by atoms with van der Waals surface area (Å²) in [6.45, 7) is 6.28. The number of benzene rings is 1. The first-order chi connectivity index (χ1) is 12.6. The fraction of sp³-hybridized carbons (Fsp3) is 0.650. The van der Waals surface area contributed by atoms with Gasteiger partial charge >= 0.3 is 0 Å². The zero-order valence-corrected chi connectivity index (χ0v) is 19.7. The van der Waals surface area contributed by atoms with Crippen molar-refractivity contribution < 1.29 is 9.47 Å². The maximum Gasteiger partial charge on any atom is 0.193 e. The zero-order valence-electron chi connectivity index (χ0n) is 16.6. The van der Waals surface area contributed by atoms with Crippen LogP contribution in [0.2, 0.25) is 5.02 Å². The Morgan fingerprint density at radius 2 is 2.15 bits per heavy atom. The van der Waals surface area contributed by atoms with E-state index in [1.165, 1.54) is 19.3 Å². The van der Waals surface area contributed by atoms with Crippen LogP contribution in [0.3, 0.4) is 0 Å². The minimum absolute atomic E-state index is 0. The third-order valence-corrected chi connectivity index (χ3v) is 5.06. The van der Waals surface area contributed by atoms with Crippen molar-refractivity contribution in [3.63, 3.8) is 0 Å². The molecule has 27 heavy (non-hydrogen) atoms. The Hall–Kier alpha value is -0.570. The maximum atomic E-state index is 6.10. The van der Waals surface area contributed by atoms with E-state index < -0.39 is 0 Å². The normalized spacial score (nSPS) is 16.5. The summed E-state index contributed by atoms with van der Waals surface area (Å²) in [5.41, 5.74) is 1.05. The van der Waals surface area contributed by atoms with Gasteiger partial charge in [-0.05, 0) is 49.8 Å². The number of hydrogen-bond donors (Lipinski definition) is 1. The van der Waals surface area contributed by atoms with Crippen LogP contribution in [0, 0.1) is 5.92 Å². The lowest BCUT2D eigenvalue weighted by Gasteiger charge is -2.27. The lowest BCUT2D eigenvalue weighted by atomic mass is 9.96. The molecule has 1 aliphatic heterocycles. The van der Waals surface area contributed by atoms with Gasteiger partial charge in [0.15, 0.2) is 5.96 Å². The highest BCUT2D eigenvalue weighted by Gasteiger charge is 2.16. The molecule has 1 atom stereocenters. The topological polar surface area (TPSA) is 46.1 Å². The van der Waals surface area contributed by atoms with Crippen molar-refractivity contribution in [2.24, 2.45) is 10.9 Å². The third kappa shape index (κ3) is 8.54. The van der Waals surface area contributed by atoms with E-state index in [1.54, 1.807) is 7.11 Å². The molecule has 7 heteroatoms. The average molecular weight is 510 g/mol. The van der Waals surface area contributed by atoms with E-state index in [4.69, 9.17) is 26.1 Å². The lowest BCUT2D eigenvalue weighted by molar-refractivity contribution is 0.0625. The molecule has 0 aromatic heterocycles. The SMILES string of the molecule is CCNC(=NCC(OC)c1cccc(Cl)c1)N(C)CCC1CCOCC1.I. The smallest absolute Gasteiger partial charge is 0.193 e.